The number of hydrogen-bond acceptors (Lipinski definition) is 3. The van der Waals surface area contributed by atoms with Crippen molar-refractivity contribution in [3.8, 4) is 0 Å². The molecule has 0 spiro atoms. The fraction of sp³-hybridized carbons (Fsp3) is 0.909. The lowest BCUT2D eigenvalue weighted by atomic mass is 10.0. The van der Waals surface area contributed by atoms with Crippen LogP contribution in [-0.4, -0.2) is 43.0 Å². The molecule has 0 bridgehead atoms. The van der Waals surface area contributed by atoms with Gasteiger partial charge in [0.05, 0.1) is 0 Å². The van der Waals surface area contributed by atoms with Crippen molar-refractivity contribution < 1.29 is 4.79 Å². The second-order valence-corrected chi connectivity index (χ2v) is 5.10. The van der Waals surface area contributed by atoms with Crippen LogP contribution in [0.1, 0.15) is 20.8 Å². The van der Waals surface area contributed by atoms with E-state index in [1.165, 1.54) is 0 Å². The molecule has 88 valence electrons. The first-order valence-corrected chi connectivity index (χ1v) is 5.60. The third-order valence-electron chi connectivity index (χ3n) is 3.70. The minimum absolute atomic E-state index is 0.280. The van der Waals surface area contributed by atoms with Gasteiger partial charge in [-0.15, -0.1) is 0 Å². The standard InChI is InChI=1S/C11H23N3O/c1-8-5-14(6-9(8)2)7-11(3,13-4)10(12)15/h8-9,13H,5-7H2,1-4H3,(H2,12,15). The van der Waals surface area contributed by atoms with Gasteiger partial charge in [0.25, 0.3) is 0 Å². The number of amides is 1. The first-order valence-electron chi connectivity index (χ1n) is 5.60. The van der Waals surface area contributed by atoms with Gasteiger partial charge in [-0.1, -0.05) is 13.8 Å². The zero-order chi connectivity index (χ0) is 11.6. The molecule has 1 fully saturated rings. The molecule has 0 aromatic rings. The number of carbonyl (C=O) groups excluding carboxylic acids is 1. The summed E-state index contributed by atoms with van der Waals surface area (Å²) in [5.74, 6) is 1.13. The molecule has 1 aliphatic rings. The minimum atomic E-state index is -0.607. The molecule has 3 unspecified atom stereocenters. The zero-order valence-corrected chi connectivity index (χ0v) is 10.2. The molecule has 0 aromatic heterocycles. The van der Waals surface area contributed by atoms with Gasteiger partial charge >= 0.3 is 0 Å². The van der Waals surface area contributed by atoms with Crippen molar-refractivity contribution in [3.63, 3.8) is 0 Å². The quantitative estimate of drug-likeness (QED) is 0.693. The van der Waals surface area contributed by atoms with E-state index in [0.29, 0.717) is 18.4 Å². The van der Waals surface area contributed by atoms with Crippen molar-refractivity contribution in [2.75, 3.05) is 26.7 Å². The Bertz CT molecular complexity index is 234. The van der Waals surface area contributed by atoms with E-state index in [4.69, 9.17) is 5.73 Å². The highest BCUT2D eigenvalue weighted by molar-refractivity contribution is 5.84. The molecular weight excluding hydrogens is 190 g/mol. The lowest BCUT2D eigenvalue weighted by Gasteiger charge is -2.30. The Morgan fingerprint density at radius 1 is 1.47 bits per heavy atom. The molecule has 0 aliphatic carbocycles. The minimum Gasteiger partial charge on any atom is -0.368 e. The van der Waals surface area contributed by atoms with Crippen LogP contribution >= 0.6 is 0 Å². The number of hydrogen-bond donors (Lipinski definition) is 2. The molecule has 3 atom stereocenters. The van der Waals surface area contributed by atoms with E-state index < -0.39 is 5.54 Å². The summed E-state index contributed by atoms with van der Waals surface area (Å²) in [7, 11) is 1.79. The van der Waals surface area contributed by atoms with Crippen LogP contribution in [0, 0.1) is 11.8 Å². The second-order valence-electron chi connectivity index (χ2n) is 5.10. The van der Waals surface area contributed by atoms with E-state index in [2.05, 4.69) is 24.1 Å². The van der Waals surface area contributed by atoms with Gasteiger partial charge in [-0.25, -0.2) is 0 Å². The number of primary amides is 1. The summed E-state index contributed by atoms with van der Waals surface area (Å²) in [4.78, 5) is 13.7. The maximum Gasteiger partial charge on any atom is 0.238 e. The smallest absolute Gasteiger partial charge is 0.238 e. The number of nitrogens with two attached hydrogens (primary N) is 1. The lowest BCUT2D eigenvalue weighted by molar-refractivity contribution is -0.124. The van der Waals surface area contributed by atoms with Crippen LogP contribution in [-0.2, 0) is 4.79 Å². The Hall–Kier alpha value is -0.610. The zero-order valence-electron chi connectivity index (χ0n) is 10.2. The Morgan fingerprint density at radius 3 is 2.27 bits per heavy atom. The second kappa shape index (κ2) is 4.49. The molecule has 1 rings (SSSR count). The number of likely N-dealkylation sites (tertiary alicyclic amines) is 1. The van der Waals surface area contributed by atoms with Gasteiger partial charge < -0.3 is 16.0 Å². The third kappa shape index (κ3) is 2.69. The van der Waals surface area contributed by atoms with Gasteiger partial charge in [0.15, 0.2) is 0 Å². The average molecular weight is 213 g/mol. The molecule has 3 N–H and O–H groups in total. The monoisotopic (exact) mass is 213 g/mol. The van der Waals surface area contributed by atoms with E-state index in [9.17, 15) is 4.79 Å². The fourth-order valence-corrected chi connectivity index (χ4v) is 2.11. The molecule has 0 saturated carbocycles. The van der Waals surface area contributed by atoms with E-state index in [1.54, 1.807) is 7.05 Å². The molecule has 0 radical (unpaired) electrons. The van der Waals surface area contributed by atoms with Crippen molar-refractivity contribution in [1.82, 2.24) is 10.2 Å². The van der Waals surface area contributed by atoms with E-state index in [-0.39, 0.29) is 5.91 Å². The van der Waals surface area contributed by atoms with E-state index >= 15 is 0 Å². The molecule has 15 heavy (non-hydrogen) atoms. The van der Waals surface area contributed by atoms with Gasteiger partial charge in [0, 0.05) is 19.6 Å². The number of carbonyl (C=O) groups is 1. The van der Waals surface area contributed by atoms with Crippen molar-refractivity contribution in [1.29, 1.82) is 0 Å². The van der Waals surface area contributed by atoms with Crippen LogP contribution < -0.4 is 11.1 Å². The molecule has 1 aliphatic heterocycles. The summed E-state index contributed by atoms with van der Waals surface area (Å²) < 4.78 is 0. The molecule has 4 heteroatoms. The van der Waals surface area contributed by atoms with Gasteiger partial charge in [-0.3, -0.25) is 4.79 Å². The van der Waals surface area contributed by atoms with Crippen LogP contribution in [0.3, 0.4) is 0 Å². The largest absolute Gasteiger partial charge is 0.368 e. The maximum atomic E-state index is 11.3. The fourth-order valence-electron chi connectivity index (χ4n) is 2.11. The number of nitrogens with one attached hydrogen (secondary N) is 1. The number of nitrogens with zero attached hydrogens (tertiary/aromatic N) is 1. The first-order chi connectivity index (χ1) is 6.89. The lowest BCUT2D eigenvalue weighted by Crippen LogP contribution is -2.58. The van der Waals surface area contributed by atoms with Gasteiger partial charge in [0.2, 0.25) is 5.91 Å². The summed E-state index contributed by atoms with van der Waals surface area (Å²) in [5.41, 5.74) is 4.79. The Balaban J connectivity index is 2.58. The first kappa shape index (κ1) is 12.5. The van der Waals surface area contributed by atoms with Crippen LogP contribution in [0.4, 0.5) is 0 Å². The predicted octanol–water partition coefficient (Wildman–Crippen LogP) is 0.0376. The Labute approximate surface area is 92.2 Å². The Kier molecular flexibility index (Phi) is 3.73. The van der Waals surface area contributed by atoms with Crippen molar-refractivity contribution in [3.05, 3.63) is 0 Å². The maximum absolute atomic E-state index is 11.3. The normalized spacial score (nSPS) is 31.5. The molecule has 4 nitrogen and oxygen atoms in total. The molecule has 1 saturated heterocycles. The van der Waals surface area contributed by atoms with Crippen molar-refractivity contribution in [2.24, 2.45) is 17.6 Å². The topological polar surface area (TPSA) is 58.4 Å². The molecule has 1 amide bonds. The van der Waals surface area contributed by atoms with Crippen LogP contribution in [0.25, 0.3) is 0 Å². The summed E-state index contributed by atoms with van der Waals surface area (Å²) >= 11 is 0. The van der Waals surface area contributed by atoms with Crippen molar-refractivity contribution >= 4 is 5.91 Å². The van der Waals surface area contributed by atoms with Gasteiger partial charge in [0.1, 0.15) is 5.54 Å². The summed E-state index contributed by atoms with van der Waals surface area (Å²) in [6.07, 6.45) is 0. The molecule has 0 aromatic carbocycles. The highest BCUT2D eigenvalue weighted by atomic mass is 16.1. The van der Waals surface area contributed by atoms with E-state index in [1.807, 2.05) is 6.92 Å². The van der Waals surface area contributed by atoms with Crippen LogP contribution in [0.2, 0.25) is 0 Å². The predicted molar refractivity (Wildman–Crippen MR) is 61.4 cm³/mol. The SMILES string of the molecule is CNC(C)(CN1CC(C)C(C)C1)C(N)=O. The van der Waals surface area contributed by atoms with Crippen molar-refractivity contribution in [2.45, 2.75) is 26.3 Å². The third-order valence-corrected chi connectivity index (χ3v) is 3.70. The highest BCUT2D eigenvalue weighted by Gasteiger charge is 2.35. The Morgan fingerprint density at radius 2 is 1.93 bits per heavy atom. The van der Waals surface area contributed by atoms with E-state index in [0.717, 1.165) is 13.1 Å². The summed E-state index contributed by atoms with van der Waals surface area (Å²) in [6, 6.07) is 0. The van der Waals surface area contributed by atoms with Gasteiger partial charge in [-0.2, -0.15) is 0 Å². The van der Waals surface area contributed by atoms with Gasteiger partial charge in [-0.05, 0) is 25.8 Å². The average Bonchev–Trinajstić information content (AvgIpc) is 2.45. The van der Waals surface area contributed by atoms with Crippen LogP contribution in [0.15, 0.2) is 0 Å². The number of rotatable bonds is 4. The summed E-state index contributed by atoms with van der Waals surface area (Å²) in [5, 5.41) is 3.02. The number of likely N-dealkylation sites (N-methyl/N-ethyl adjacent to an activating group) is 1. The van der Waals surface area contributed by atoms with Crippen LogP contribution in [0.5, 0.6) is 0 Å². The summed E-state index contributed by atoms with van der Waals surface area (Å²) in [6.45, 7) is 9.20. The highest BCUT2D eigenvalue weighted by Crippen LogP contribution is 2.23. The molecular formula is C11H23N3O. The molecule has 1 heterocycles.